The van der Waals surface area contributed by atoms with Gasteiger partial charge in [-0.3, -0.25) is 0 Å². The number of hydrogen-bond acceptors (Lipinski definition) is 4. The SMILES string of the molecule is CCCC(C)(C)Oc1ccc2c(c1)C(=O)OC2=O. The molecule has 0 amide bonds. The van der Waals surface area contributed by atoms with E-state index in [1.165, 1.54) is 0 Å². The fourth-order valence-corrected chi connectivity index (χ4v) is 2.10. The maximum atomic E-state index is 11.4. The minimum absolute atomic E-state index is 0.282. The maximum absolute atomic E-state index is 11.4. The fourth-order valence-electron chi connectivity index (χ4n) is 2.10. The zero-order chi connectivity index (χ0) is 13.3. The number of cyclic esters (lactones) is 2. The number of hydrogen-bond donors (Lipinski definition) is 0. The Morgan fingerprint density at radius 3 is 2.50 bits per heavy atom. The van der Waals surface area contributed by atoms with Gasteiger partial charge in [0.1, 0.15) is 11.4 Å². The van der Waals surface area contributed by atoms with Crippen molar-refractivity contribution in [2.45, 2.75) is 39.2 Å². The van der Waals surface area contributed by atoms with Gasteiger partial charge in [-0.15, -0.1) is 0 Å². The highest BCUT2D eigenvalue weighted by molar-refractivity contribution is 6.14. The van der Waals surface area contributed by atoms with Gasteiger partial charge in [-0.05, 0) is 38.5 Å². The number of carbonyl (C=O) groups is 2. The van der Waals surface area contributed by atoms with Crippen molar-refractivity contribution in [2.24, 2.45) is 0 Å². The van der Waals surface area contributed by atoms with E-state index in [0.29, 0.717) is 11.3 Å². The van der Waals surface area contributed by atoms with E-state index >= 15 is 0 Å². The summed E-state index contributed by atoms with van der Waals surface area (Å²) >= 11 is 0. The summed E-state index contributed by atoms with van der Waals surface area (Å²) in [6.07, 6.45) is 1.92. The van der Waals surface area contributed by atoms with Gasteiger partial charge in [-0.1, -0.05) is 13.3 Å². The van der Waals surface area contributed by atoms with Gasteiger partial charge in [0.05, 0.1) is 11.1 Å². The fraction of sp³-hybridized carbons (Fsp3) is 0.429. The summed E-state index contributed by atoms with van der Waals surface area (Å²) in [6, 6.07) is 4.83. The summed E-state index contributed by atoms with van der Waals surface area (Å²) < 4.78 is 10.4. The van der Waals surface area contributed by atoms with Crippen molar-refractivity contribution in [3.05, 3.63) is 29.3 Å². The number of benzene rings is 1. The first-order valence-corrected chi connectivity index (χ1v) is 6.02. The second kappa shape index (κ2) is 4.44. The lowest BCUT2D eigenvalue weighted by atomic mass is 10.0. The highest BCUT2D eigenvalue weighted by Crippen LogP contribution is 2.28. The van der Waals surface area contributed by atoms with E-state index in [4.69, 9.17) is 4.74 Å². The van der Waals surface area contributed by atoms with Crippen LogP contribution in [0.1, 0.15) is 54.3 Å². The van der Waals surface area contributed by atoms with Gasteiger partial charge in [0.15, 0.2) is 0 Å². The maximum Gasteiger partial charge on any atom is 0.347 e. The van der Waals surface area contributed by atoms with E-state index in [1.54, 1.807) is 18.2 Å². The van der Waals surface area contributed by atoms with Crippen LogP contribution in [0.3, 0.4) is 0 Å². The minimum Gasteiger partial charge on any atom is -0.488 e. The van der Waals surface area contributed by atoms with Gasteiger partial charge in [0, 0.05) is 0 Å². The highest BCUT2D eigenvalue weighted by Gasteiger charge is 2.30. The van der Waals surface area contributed by atoms with Gasteiger partial charge < -0.3 is 9.47 Å². The van der Waals surface area contributed by atoms with Crippen molar-refractivity contribution in [3.8, 4) is 5.75 Å². The molecule has 0 saturated carbocycles. The van der Waals surface area contributed by atoms with E-state index in [0.717, 1.165) is 12.8 Å². The Morgan fingerprint density at radius 2 is 1.83 bits per heavy atom. The Hall–Kier alpha value is -1.84. The Balaban J connectivity index is 2.25. The topological polar surface area (TPSA) is 52.6 Å². The first-order chi connectivity index (χ1) is 8.43. The van der Waals surface area contributed by atoms with Gasteiger partial charge >= 0.3 is 11.9 Å². The van der Waals surface area contributed by atoms with Gasteiger partial charge in [0.2, 0.25) is 0 Å². The number of esters is 2. The highest BCUT2D eigenvalue weighted by atomic mass is 16.6. The molecule has 0 saturated heterocycles. The summed E-state index contributed by atoms with van der Waals surface area (Å²) in [4.78, 5) is 22.7. The van der Waals surface area contributed by atoms with E-state index in [9.17, 15) is 9.59 Å². The molecule has 0 aromatic heterocycles. The lowest BCUT2D eigenvalue weighted by Crippen LogP contribution is -2.27. The average molecular weight is 248 g/mol. The van der Waals surface area contributed by atoms with Crippen LogP contribution in [0.25, 0.3) is 0 Å². The van der Waals surface area contributed by atoms with Gasteiger partial charge in [-0.2, -0.15) is 0 Å². The standard InChI is InChI=1S/C14H16O4/c1-4-7-14(2,3)18-9-5-6-10-11(8-9)13(16)17-12(10)15/h5-6,8H,4,7H2,1-3H3. The van der Waals surface area contributed by atoms with Crippen molar-refractivity contribution >= 4 is 11.9 Å². The number of fused-ring (bicyclic) bond motifs is 1. The molecule has 96 valence electrons. The summed E-state index contributed by atoms with van der Waals surface area (Å²) in [5.74, 6) is -0.609. The lowest BCUT2D eigenvalue weighted by molar-refractivity contribution is 0.0443. The molecule has 1 aromatic carbocycles. The molecule has 0 N–H and O–H groups in total. The molecule has 1 heterocycles. The molecule has 4 heteroatoms. The first-order valence-electron chi connectivity index (χ1n) is 6.02. The zero-order valence-electron chi connectivity index (χ0n) is 10.8. The number of ether oxygens (including phenoxy) is 2. The molecular weight excluding hydrogens is 232 g/mol. The molecule has 1 aliphatic rings. The second-order valence-corrected chi connectivity index (χ2v) is 5.00. The average Bonchev–Trinajstić information content (AvgIpc) is 2.53. The molecule has 0 spiro atoms. The van der Waals surface area contributed by atoms with Crippen molar-refractivity contribution in [2.75, 3.05) is 0 Å². The molecule has 0 fully saturated rings. The van der Waals surface area contributed by atoms with Crippen LogP contribution in [0.15, 0.2) is 18.2 Å². The van der Waals surface area contributed by atoms with Gasteiger partial charge in [-0.25, -0.2) is 9.59 Å². The summed E-state index contributed by atoms with van der Waals surface area (Å²) in [6.45, 7) is 6.07. The van der Waals surface area contributed by atoms with Crippen LogP contribution in [0.4, 0.5) is 0 Å². The van der Waals surface area contributed by atoms with E-state index in [1.807, 2.05) is 13.8 Å². The normalized spacial score (nSPS) is 14.4. The molecule has 0 atom stereocenters. The molecule has 0 radical (unpaired) electrons. The van der Waals surface area contributed by atoms with E-state index in [-0.39, 0.29) is 11.2 Å². The number of rotatable bonds is 4. The molecule has 0 aliphatic carbocycles. The zero-order valence-corrected chi connectivity index (χ0v) is 10.8. The molecule has 2 rings (SSSR count). The Labute approximate surface area is 106 Å². The molecule has 0 unspecified atom stereocenters. The third-order valence-corrected chi connectivity index (χ3v) is 2.86. The smallest absolute Gasteiger partial charge is 0.347 e. The van der Waals surface area contributed by atoms with Crippen molar-refractivity contribution < 1.29 is 19.1 Å². The Bertz CT molecular complexity index is 503. The predicted octanol–water partition coefficient (Wildman–Crippen LogP) is 2.95. The summed E-state index contributed by atoms with van der Waals surface area (Å²) in [7, 11) is 0. The monoisotopic (exact) mass is 248 g/mol. The third-order valence-electron chi connectivity index (χ3n) is 2.86. The van der Waals surface area contributed by atoms with Crippen molar-refractivity contribution in [1.82, 2.24) is 0 Å². The predicted molar refractivity (Wildman–Crippen MR) is 65.8 cm³/mol. The second-order valence-electron chi connectivity index (χ2n) is 5.00. The van der Waals surface area contributed by atoms with Crippen LogP contribution >= 0.6 is 0 Å². The van der Waals surface area contributed by atoms with Crippen LogP contribution in [0.2, 0.25) is 0 Å². The van der Waals surface area contributed by atoms with Crippen LogP contribution in [-0.2, 0) is 4.74 Å². The Morgan fingerprint density at radius 1 is 1.17 bits per heavy atom. The lowest BCUT2D eigenvalue weighted by Gasteiger charge is -2.26. The van der Waals surface area contributed by atoms with Crippen LogP contribution in [0, 0.1) is 0 Å². The summed E-state index contributed by atoms with van der Waals surface area (Å²) in [5.41, 5.74) is 0.292. The molecule has 4 nitrogen and oxygen atoms in total. The third kappa shape index (κ3) is 2.37. The molecular formula is C14H16O4. The molecule has 1 aliphatic heterocycles. The van der Waals surface area contributed by atoms with Crippen molar-refractivity contribution in [1.29, 1.82) is 0 Å². The first kappa shape index (κ1) is 12.6. The number of carbonyl (C=O) groups excluding carboxylic acids is 2. The summed E-state index contributed by atoms with van der Waals surface area (Å²) in [5, 5.41) is 0. The van der Waals surface area contributed by atoms with Crippen LogP contribution < -0.4 is 4.74 Å². The molecule has 18 heavy (non-hydrogen) atoms. The minimum atomic E-state index is -0.603. The molecule has 0 bridgehead atoms. The van der Waals surface area contributed by atoms with E-state index < -0.39 is 11.9 Å². The van der Waals surface area contributed by atoms with E-state index in [2.05, 4.69) is 11.7 Å². The van der Waals surface area contributed by atoms with Crippen molar-refractivity contribution in [3.63, 3.8) is 0 Å². The molecule has 1 aromatic rings. The van der Waals surface area contributed by atoms with Crippen LogP contribution in [-0.4, -0.2) is 17.5 Å². The largest absolute Gasteiger partial charge is 0.488 e. The van der Waals surface area contributed by atoms with Gasteiger partial charge in [0.25, 0.3) is 0 Å². The quantitative estimate of drug-likeness (QED) is 0.607. The Kier molecular flexibility index (Phi) is 3.11. The van der Waals surface area contributed by atoms with Crippen LogP contribution in [0.5, 0.6) is 5.75 Å².